The second-order valence-electron chi connectivity index (χ2n) is 13.3. The number of benzene rings is 1. The Labute approximate surface area is 258 Å². The van der Waals surface area contributed by atoms with Crippen LogP contribution in [0.1, 0.15) is 58.3 Å². The SMILES string of the molecule is CC(=O)O[C@H]1C(=O)[C@@]2(C)C(C(OC(=O)c3ccccc3)[C@]34OC(=O)O[C@H]3C(O)C(C)=C1C4(C)C)[C@]1(OC(C)=O)CO[C@@H]1C[C@@H]2O. The van der Waals surface area contributed by atoms with Gasteiger partial charge in [-0.1, -0.05) is 32.0 Å². The molecule has 2 saturated carbocycles. The molecule has 2 N–H and O–H groups in total. The van der Waals surface area contributed by atoms with Crippen LogP contribution in [0.4, 0.5) is 4.79 Å². The maximum absolute atomic E-state index is 15.0. The molecule has 2 heterocycles. The zero-order chi connectivity index (χ0) is 32.9. The number of hydrogen-bond donors (Lipinski definition) is 2. The minimum Gasteiger partial charge on any atom is -0.454 e. The third-order valence-corrected chi connectivity index (χ3v) is 10.7. The largest absolute Gasteiger partial charge is 0.509 e. The van der Waals surface area contributed by atoms with Gasteiger partial charge >= 0.3 is 24.1 Å². The average molecular weight is 629 g/mol. The third kappa shape index (κ3) is 3.99. The number of hydrogen-bond acceptors (Lipinski definition) is 13. The Morgan fingerprint density at radius 3 is 2.22 bits per heavy atom. The lowest BCUT2D eigenvalue weighted by atomic mass is 9.44. The van der Waals surface area contributed by atoms with Crippen LogP contribution >= 0.6 is 0 Å². The summed E-state index contributed by atoms with van der Waals surface area (Å²) in [5, 5.41) is 23.5. The van der Waals surface area contributed by atoms with Gasteiger partial charge in [0.1, 0.15) is 12.2 Å². The monoisotopic (exact) mass is 628 g/mol. The molecular formula is C32H36O13. The van der Waals surface area contributed by atoms with Crippen LogP contribution in [0.15, 0.2) is 41.5 Å². The molecule has 2 bridgehead atoms. The molecule has 1 aromatic carbocycles. The fourth-order valence-electron chi connectivity index (χ4n) is 8.65. The van der Waals surface area contributed by atoms with Crippen LogP contribution in [0.2, 0.25) is 0 Å². The Balaban J connectivity index is 1.72. The molecule has 2 aliphatic heterocycles. The Hall–Kier alpha value is -3.81. The summed E-state index contributed by atoms with van der Waals surface area (Å²) >= 11 is 0. The van der Waals surface area contributed by atoms with Crippen LogP contribution in [0.3, 0.4) is 0 Å². The van der Waals surface area contributed by atoms with E-state index >= 15 is 0 Å². The fraction of sp³-hybridized carbons (Fsp3) is 0.594. The third-order valence-electron chi connectivity index (χ3n) is 10.7. The summed E-state index contributed by atoms with van der Waals surface area (Å²) in [5.74, 6) is -4.68. The molecule has 6 rings (SSSR count). The van der Waals surface area contributed by atoms with Gasteiger partial charge in [-0.2, -0.15) is 0 Å². The smallest absolute Gasteiger partial charge is 0.454 e. The van der Waals surface area contributed by atoms with E-state index in [1.165, 1.54) is 32.9 Å². The van der Waals surface area contributed by atoms with Gasteiger partial charge in [-0.15, -0.1) is 0 Å². The van der Waals surface area contributed by atoms with Gasteiger partial charge in [0.05, 0.1) is 29.6 Å². The number of Topliss-reactive ketones (excluding diaryl/α,β-unsaturated/α-hetero) is 1. The molecule has 2 saturated heterocycles. The molecule has 45 heavy (non-hydrogen) atoms. The van der Waals surface area contributed by atoms with Crippen LogP contribution in [-0.4, -0.2) is 94.5 Å². The number of carbonyl (C=O) groups is 5. The molecule has 5 aliphatic rings. The Morgan fingerprint density at radius 1 is 0.978 bits per heavy atom. The predicted molar refractivity (Wildman–Crippen MR) is 149 cm³/mol. The van der Waals surface area contributed by atoms with E-state index in [0.29, 0.717) is 0 Å². The van der Waals surface area contributed by atoms with Crippen molar-refractivity contribution >= 4 is 29.8 Å². The van der Waals surface area contributed by atoms with Crippen molar-refractivity contribution in [2.24, 2.45) is 16.7 Å². The first-order valence-corrected chi connectivity index (χ1v) is 14.8. The van der Waals surface area contributed by atoms with Crippen molar-refractivity contribution in [2.75, 3.05) is 6.61 Å². The molecule has 3 unspecified atom stereocenters. The lowest BCUT2D eigenvalue weighted by molar-refractivity contribution is -0.345. The summed E-state index contributed by atoms with van der Waals surface area (Å²) in [6.45, 7) is 8.18. The summed E-state index contributed by atoms with van der Waals surface area (Å²) in [6, 6.07) is 7.93. The van der Waals surface area contributed by atoms with Gasteiger partial charge in [0, 0.05) is 25.7 Å². The highest BCUT2D eigenvalue weighted by Crippen LogP contribution is 2.66. The first-order valence-electron chi connectivity index (χ1n) is 14.8. The van der Waals surface area contributed by atoms with Crippen molar-refractivity contribution in [3.05, 3.63) is 47.0 Å². The van der Waals surface area contributed by atoms with E-state index < -0.39 is 94.4 Å². The maximum Gasteiger partial charge on any atom is 0.509 e. The minimum atomic E-state index is -2.10. The van der Waals surface area contributed by atoms with Crippen LogP contribution in [0, 0.1) is 16.7 Å². The quantitative estimate of drug-likeness (QED) is 0.280. The van der Waals surface area contributed by atoms with Crippen LogP contribution in [0.5, 0.6) is 0 Å². The van der Waals surface area contributed by atoms with Gasteiger partial charge < -0.3 is 38.6 Å². The molecule has 13 heteroatoms. The van der Waals surface area contributed by atoms with E-state index in [1.807, 2.05) is 0 Å². The van der Waals surface area contributed by atoms with E-state index in [1.54, 1.807) is 32.0 Å². The maximum atomic E-state index is 15.0. The van der Waals surface area contributed by atoms with Gasteiger partial charge in [-0.05, 0) is 37.1 Å². The number of fused-ring (bicyclic) bond motifs is 4. The van der Waals surface area contributed by atoms with Crippen molar-refractivity contribution < 1.29 is 62.6 Å². The fourth-order valence-corrected chi connectivity index (χ4v) is 8.65. The van der Waals surface area contributed by atoms with Gasteiger partial charge in [-0.3, -0.25) is 14.4 Å². The Morgan fingerprint density at radius 2 is 1.64 bits per heavy atom. The Kier molecular flexibility index (Phi) is 7.00. The zero-order valence-electron chi connectivity index (χ0n) is 25.7. The standard InChI is InChI=1S/C32H36O13/c1-14-20-22(41-15(2)33)24(37)30(6)18(35)12-19-31(13-40-19,44-16(3)34)23(30)26(42-27(38)17-10-8-7-9-11-17)32(29(20,4)5)25(21(14)36)43-28(39)45-32/h7-11,18-19,21-23,25-26,35-36H,12-13H2,1-6H3/t18-,19+,21?,22+,23?,25-,26?,30+,31-,32+/m0/s1. The highest BCUT2D eigenvalue weighted by molar-refractivity contribution is 5.96. The highest BCUT2D eigenvalue weighted by Gasteiger charge is 2.82. The van der Waals surface area contributed by atoms with Crippen molar-refractivity contribution in [2.45, 2.75) is 95.8 Å². The van der Waals surface area contributed by atoms with Gasteiger partial charge in [0.15, 0.2) is 29.7 Å². The molecule has 3 aliphatic carbocycles. The number of aliphatic hydroxyl groups is 2. The van der Waals surface area contributed by atoms with E-state index in [-0.39, 0.29) is 29.7 Å². The number of rotatable bonds is 4. The predicted octanol–water partition coefficient (Wildman–Crippen LogP) is 1.81. The first kappa shape index (κ1) is 31.2. The lowest BCUT2D eigenvalue weighted by Gasteiger charge is -2.67. The summed E-state index contributed by atoms with van der Waals surface area (Å²) in [5.41, 5.74) is -6.88. The number of carbonyl (C=O) groups excluding carboxylic acids is 5. The molecular weight excluding hydrogens is 592 g/mol. The van der Waals surface area contributed by atoms with Crippen molar-refractivity contribution in [3.63, 3.8) is 0 Å². The second kappa shape index (κ2) is 10.1. The van der Waals surface area contributed by atoms with E-state index in [4.69, 9.17) is 28.4 Å². The highest BCUT2D eigenvalue weighted by atomic mass is 16.8. The van der Waals surface area contributed by atoms with Gasteiger partial charge in [0.2, 0.25) is 5.60 Å². The summed E-state index contributed by atoms with van der Waals surface area (Å²) in [6.07, 6.45) is -10.3. The second-order valence-corrected chi connectivity index (χ2v) is 13.3. The molecule has 4 fully saturated rings. The number of esters is 3. The number of aliphatic hydroxyl groups excluding tert-OH is 2. The average Bonchev–Trinajstić information content (AvgIpc) is 3.34. The summed E-state index contributed by atoms with van der Waals surface area (Å²) in [4.78, 5) is 67.4. The lowest BCUT2D eigenvalue weighted by Crippen LogP contribution is -2.83. The minimum absolute atomic E-state index is 0.103. The molecule has 242 valence electrons. The van der Waals surface area contributed by atoms with Crippen molar-refractivity contribution in [1.29, 1.82) is 0 Å². The summed E-state index contributed by atoms with van der Waals surface area (Å²) in [7, 11) is 0. The van der Waals surface area contributed by atoms with Crippen LogP contribution in [0.25, 0.3) is 0 Å². The molecule has 0 radical (unpaired) electrons. The van der Waals surface area contributed by atoms with E-state index in [9.17, 15) is 34.2 Å². The first-order chi connectivity index (χ1) is 21.0. The topological polar surface area (TPSA) is 181 Å². The van der Waals surface area contributed by atoms with Crippen LogP contribution < -0.4 is 0 Å². The molecule has 0 amide bonds. The number of ketones is 1. The molecule has 1 spiro atoms. The Bertz CT molecular complexity index is 1520. The van der Waals surface area contributed by atoms with Crippen molar-refractivity contribution in [1.82, 2.24) is 0 Å². The van der Waals surface area contributed by atoms with Crippen molar-refractivity contribution in [3.8, 4) is 0 Å². The zero-order valence-corrected chi connectivity index (χ0v) is 25.7. The molecule has 0 aromatic heterocycles. The normalized spacial score (nSPS) is 41.0. The summed E-state index contributed by atoms with van der Waals surface area (Å²) < 4.78 is 35.5. The van der Waals surface area contributed by atoms with E-state index in [2.05, 4.69) is 0 Å². The van der Waals surface area contributed by atoms with Gasteiger partial charge in [0.25, 0.3) is 0 Å². The molecule has 10 atom stereocenters. The van der Waals surface area contributed by atoms with E-state index in [0.717, 1.165) is 6.92 Å². The molecule has 13 nitrogen and oxygen atoms in total. The van der Waals surface area contributed by atoms with Gasteiger partial charge in [-0.25, -0.2) is 9.59 Å². The number of ether oxygens (including phenoxy) is 6. The molecule has 1 aromatic rings. The van der Waals surface area contributed by atoms with Crippen LogP contribution in [-0.2, 0) is 42.8 Å².